The lowest BCUT2D eigenvalue weighted by atomic mass is 10.1. The number of carbonyl (C=O) groups excluding carboxylic acids is 2. The van der Waals surface area contributed by atoms with Crippen LogP contribution in [-0.2, 0) is 0 Å². The molecule has 0 bridgehead atoms. The molecule has 138 valence electrons. The Morgan fingerprint density at radius 1 is 1.04 bits per heavy atom. The number of phenols is 1. The Kier molecular flexibility index (Phi) is 5.61. The van der Waals surface area contributed by atoms with Crippen molar-refractivity contribution in [1.82, 2.24) is 5.32 Å². The summed E-state index contributed by atoms with van der Waals surface area (Å²) in [7, 11) is 0. The molecule has 0 aliphatic carbocycles. The number of carbonyl (C=O) groups is 2. The van der Waals surface area contributed by atoms with Crippen molar-refractivity contribution in [2.45, 2.75) is 13.0 Å². The maximum Gasteiger partial charge on any atom is 0.291 e. The molecule has 0 saturated carbocycles. The van der Waals surface area contributed by atoms with Crippen LogP contribution in [0.15, 0.2) is 69.8 Å². The summed E-state index contributed by atoms with van der Waals surface area (Å²) in [6, 6.07) is 16.2. The van der Waals surface area contributed by atoms with Crippen LogP contribution in [0.4, 0.5) is 5.69 Å². The molecule has 6 nitrogen and oxygen atoms in total. The Balaban J connectivity index is 1.69. The van der Waals surface area contributed by atoms with E-state index in [0.717, 1.165) is 5.56 Å². The van der Waals surface area contributed by atoms with Crippen LogP contribution in [0.25, 0.3) is 0 Å². The summed E-state index contributed by atoms with van der Waals surface area (Å²) >= 11 is 3.15. The van der Waals surface area contributed by atoms with Crippen LogP contribution < -0.4 is 10.6 Å². The van der Waals surface area contributed by atoms with Gasteiger partial charge in [-0.25, -0.2) is 0 Å². The van der Waals surface area contributed by atoms with Gasteiger partial charge >= 0.3 is 0 Å². The molecule has 0 fully saturated rings. The zero-order chi connectivity index (χ0) is 19.4. The van der Waals surface area contributed by atoms with Gasteiger partial charge in [0.15, 0.2) is 10.4 Å². The summed E-state index contributed by atoms with van der Waals surface area (Å²) in [5.41, 5.74) is 1.67. The Morgan fingerprint density at radius 3 is 2.52 bits per heavy atom. The second-order valence-corrected chi connectivity index (χ2v) is 6.71. The molecule has 3 rings (SSSR count). The minimum absolute atomic E-state index is 0.142. The van der Waals surface area contributed by atoms with Gasteiger partial charge in [-0.1, -0.05) is 18.2 Å². The number of aromatic hydroxyl groups is 1. The van der Waals surface area contributed by atoms with E-state index in [9.17, 15) is 14.7 Å². The SMILES string of the molecule is CC(NC(=O)c1cccc(NC(=O)c2ccc(Br)o2)c1)c1cccc(O)c1. The van der Waals surface area contributed by atoms with Gasteiger partial charge < -0.3 is 20.2 Å². The van der Waals surface area contributed by atoms with Crippen molar-refractivity contribution >= 4 is 33.4 Å². The van der Waals surface area contributed by atoms with Gasteiger partial charge in [-0.15, -0.1) is 0 Å². The summed E-state index contributed by atoms with van der Waals surface area (Å²) < 4.78 is 5.67. The van der Waals surface area contributed by atoms with Crippen molar-refractivity contribution in [2.24, 2.45) is 0 Å². The van der Waals surface area contributed by atoms with Crippen molar-refractivity contribution in [3.63, 3.8) is 0 Å². The molecule has 0 saturated heterocycles. The van der Waals surface area contributed by atoms with E-state index in [-0.39, 0.29) is 23.5 Å². The van der Waals surface area contributed by atoms with Gasteiger partial charge in [-0.05, 0) is 70.9 Å². The third-order valence-corrected chi connectivity index (χ3v) is 4.32. The molecule has 1 aromatic heterocycles. The molecule has 0 aliphatic heterocycles. The lowest BCUT2D eigenvalue weighted by Crippen LogP contribution is -2.26. The number of benzene rings is 2. The molecule has 27 heavy (non-hydrogen) atoms. The predicted octanol–water partition coefficient (Wildman–Crippen LogP) is 4.49. The molecule has 3 N–H and O–H groups in total. The average molecular weight is 429 g/mol. The summed E-state index contributed by atoms with van der Waals surface area (Å²) in [5, 5.41) is 15.1. The highest BCUT2D eigenvalue weighted by molar-refractivity contribution is 9.10. The van der Waals surface area contributed by atoms with Crippen molar-refractivity contribution in [1.29, 1.82) is 0 Å². The highest BCUT2D eigenvalue weighted by Gasteiger charge is 2.14. The Labute approximate surface area is 164 Å². The molecule has 0 spiro atoms. The summed E-state index contributed by atoms with van der Waals surface area (Å²) in [6.07, 6.45) is 0. The zero-order valence-electron chi connectivity index (χ0n) is 14.4. The van der Waals surface area contributed by atoms with Gasteiger partial charge in [0.1, 0.15) is 5.75 Å². The third-order valence-electron chi connectivity index (χ3n) is 3.90. The highest BCUT2D eigenvalue weighted by Crippen LogP contribution is 2.20. The van der Waals surface area contributed by atoms with E-state index in [0.29, 0.717) is 15.9 Å². The van der Waals surface area contributed by atoms with E-state index in [4.69, 9.17) is 4.42 Å². The van der Waals surface area contributed by atoms with Crippen LogP contribution in [0.2, 0.25) is 0 Å². The average Bonchev–Trinajstić information content (AvgIpc) is 3.08. The molecular formula is C20H17BrN2O4. The fraction of sp³-hybridized carbons (Fsp3) is 0.100. The van der Waals surface area contributed by atoms with E-state index in [1.54, 1.807) is 54.6 Å². The first-order valence-corrected chi connectivity index (χ1v) is 8.98. The van der Waals surface area contributed by atoms with Crippen molar-refractivity contribution in [3.05, 3.63) is 82.2 Å². The maximum absolute atomic E-state index is 12.5. The Morgan fingerprint density at radius 2 is 1.81 bits per heavy atom. The van der Waals surface area contributed by atoms with Crippen LogP contribution in [0.3, 0.4) is 0 Å². The smallest absolute Gasteiger partial charge is 0.291 e. The third kappa shape index (κ3) is 4.77. The number of anilines is 1. The predicted molar refractivity (Wildman–Crippen MR) is 105 cm³/mol. The number of halogens is 1. The zero-order valence-corrected chi connectivity index (χ0v) is 16.0. The molecule has 2 aromatic carbocycles. The number of rotatable bonds is 5. The van der Waals surface area contributed by atoms with Gasteiger partial charge in [-0.3, -0.25) is 9.59 Å². The molecule has 1 unspecified atom stereocenters. The van der Waals surface area contributed by atoms with Crippen molar-refractivity contribution in [2.75, 3.05) is 5.32 Å². The van der Waals surface area contributed by atoms with E-state index >= 15 is 0 Å². The maximum atomic E-state index is 12.5. The second-order valence-electron chi connectivity index (χ2n) is 5.93. The lowest BCUT2D eigenvalue weighted by molar-refractivity contribution is 0.0938. The first-order valence-electron chi connectivity index (χ1n) is 8.19. The molecule has 0 radical (unpaired) electrons. The van der Waals surface area contributed by atoms with E-state index in [2.05, 4.69) is 26.6 Å². The summed E-state index contributed by atoms with van der Waals surface area (Å²) in [5.74, 6) is -0.397. The van der Waals surface area contributed by atoms with E-state index < -0.39 is 5.91 Å². The van der Waals surface area contributed by atoms with Crippen LogP contribution in [-0.4, -0.2) is 16.9 Å². The largest absolute Gasteiger partial charge is 0.508 e. The fourth-order valence-electron chi connectivity index (χ4n) is 2.52. The van der Waals surface area contributed by atoms with Gasteiger partial charge in [0.25, 0.3) is 11.8 Å². The minimum Gasteiger partial charge on any atom is -0.508 e. The molecule has 3 aromatic rings. The Bertz CT molecular complexity index is 983. The quantitative estimate of drug-likeness (QED) is 0.557. The number of amides is 2. The molecule has 1 heterocycles. The molecule has 2 amide bonds. The molecular weight excluding hydrogens is 412 g/mol. The standard InChI is InChI=1S/C20H17BrN2O4/c1-12(13-4-3-7-16(24)11-13)22-19(25)14-5-2-6-15(10-14)23-20(26)17-8-9-18(21)27-17/h2-12,24H,1H3,(H,22,25)(H,23,26). The number of nitrogens with one attached hydrogen (secondary N) is 2. The number of hydrogen-bond acceptors (Lipinski definition) is 4. The van der Waals surface area contributed by atoms with Crippen molar-refractivity contribution < 1.29 is 19.1 Å². The van der Waals surface area contributed by atoms with Gasteiger partial charge in [-0.2, -0.15) is 0 Å². The van der Waals surface area contributed by atoms with E-state index in [1.165, 1.54) is 0 Å². The normalized spacial score (nSPS) is 11.6. The minimum atomic E-state index is -0.411. The molecule has 0 aliphatic rings. The van der Waals surface area contributed by atoms with Gasteiger partial charge in [0.05, 0.1) is 6.04 Å². The highest BCUT2D eigenvalue weighted by atomic mass is 79.9. The first-order chi connectivity index (χ1) is 12.9. The number of phenolic OH excluding ortho intramolecular Hbond substituents is 1. The molecule has 7 heteroatoms. The van der Waals surface area contributed by atoms with Crippen molar-refractivity contribution in [3.8, 4) is 5.75 Å². The topological polar surface area (TPSA) is 91.6 Å². The monoisotopic (exact) mass is 428 g/mol. The number of hydrogen-bond donors (Lipinski definition) is 3. The summed E-state index contributed by atoms with van der Waals surface area (Å²) in [4.78, 5) is 24.7. The summed E-state index contributed by atoms with van der Waals surface area (Å²) in [6.45, 7) is 1.83. The van der Waals surface area contributed by atoms with Gasteiger partial charge in [0, 0.05) is 11.3 Å². The van der Waals surface area contributed by atoms with Gasteiger partial charge in [0.2, 0.25) is 0 Å². The van der Waals surface area contributed by atoms with Crippen LogP contribution in [0.1, 0.15) is 39.4 Å². The van der Waals surface area contributed by atoms with E-state index in [1.807, 2.05) is 13.0 Å². The van der Waals surface area contributed by atoms with Crippen LogP contribution in [0, 0.1) is 0 Å². The Hall–Kier alpha value is -3.06. The van der Waals surface area contributed by atoms with Crippen LogP contribution in [0.5, 0.6) is 5.75 Å². The lowest BCUT2D eigenvalue weighted by Gasteiger charge is -2.15. The fourth-order valence-corrected chi connectivity index (χ4v) is 2.83. The van der Waals surface area contributed by atoms with Crippen LogP contribution >= 0.6 is 15.9 Å². The second kappa shape index (κ2) is 8.09. The number of furan rings is 1. The molecule has 1 atom stereocenters. The first kappa shape index (κ1) is 18.7.